The van der Waals surface area contributed by atoms with E-state index in [4.69, 9.17) is 5.73 Å². The van der Waals surface area contributed by atoms with E-state index in [-0.39, 0.29) is 0 Å². The average Bonchev–Trinajstić information content (AvgIpc) is 2.16. The molecule has 0 aliphatic carbocycles. The minimum absolute atomic E-state index is 0.486. The molecule has 3 nitrogen and oxygen atoms in total. The normalized spacial score (nSPS) is 14.5. The number of nitrogen functional groups attached to an aromatic ring is 1. The molecule has 0 radical (unpaired) electrons. The molecule has 0 saturated heterocycles. The number of nitrogens with two attached hydrogens (primary N) is 1. The van der Waals surface area contributed by atoms with Gasteiger partial charge in [-0.1, -0.05) is 15.9 Å². The first kappa shape index (κ1) is 13.7. The maximum atomic E-state index is 9.99. The number of aliphatic hydroxyl groups is 1. The summed E-state index contributed by atoms with van der Waals surface area (Å²) in [6.07, 6.45) is 1.97. The van der Waals surface area contributed by atoms with Crippen LogP contribution in [0.5, 0.6) is 0 Å². The summed E-state index contributed by atoms with van der Waals surface area (Å²) in [4.78, 5) is 0. The summed E-state index contributed by atoms with van der Waals surface area (Å²) in [5.41, 5.74) is 6.65. The highest BCUT2D eigenvalue weighted by molar-refractivity contribution is 9.10. The number of hydrogen-bond acceptors (Lipinski definition) is 4. The van der Waals surface area contributed by atoms with Crippen molar-refractivity contribution in [3.63, 3.8) is 0 Å². The predicted molar refractivity (Wildman–Crippen MR) is 76.0 cm³/mol. The van der Waals surface area contributed by atoms with E-state index in [1.807, 2.05) is 31.4 Å². The van der Waals surface area contributed by atoms with E-state index in [0.29, 0.717) is 18.0 Å². The molecule has 0 aromatic heterocycles. The van der Waals surface area contributed by atoms with Gasteiger partial charge in [0, 0.05) is 16.8 Å². The van der Waals surface area contributed by atoms with Crippen LogP contribution in [-0.2, 0) is 0 Å². The van der Waals surface area contributed by atoms with Gasteiger partial charge in [0.2, 0.25) is 0 Å². The fourth-order valence-electron chi connectivity index (χ4n) is 1.34. The summed E-state index contributed by atoms with van der Waals surface area (Å²) in [6.45, 7) is 2.30. The van der Waals surface area contributed by atoms with Crippen LogP contribution in [0.25, 0.3) is 0 Å². The molecule has 0 saturated carbocycles. The smallest absolute Gasteiger partial charge is 0.0881 e. The Labute approximate surface area is 109 Å². The molecule has 1 unspecified atom stereocenters. The van der Waals surface area contributed by atoms with Gasteiger partial charge >= 0.3 is 0 Å². The minimum Gasteiger partial charge on any atom is -0.397 e. The van der Waals surface area contributed by atoms with Crippen molar-refractivity contribution in [3.8, 4) is 0 Å². The van der Waals surface area contributed by atoms with Crippen molar-refractivity contribution in [1.29, 1.82) is 0 Å². The fourth-order valence-corrected chi connectivity index (χ4v) is 2.44. The van der Waals surface area contributed by atoms with Crippen molar-refractivity contribution in [2.45, 2.75) is 12.5 Å². The fraction of sp³-hybridized carbons (Fsp3) is 0.455. The SMILES string of the molecule is CSCC(C)(O)CNc1ccc(Br)cc1N. The van der Waals surface area contributed by atoms with Crippen LogP contribution in [0.2, 0.25) is 0 Å². The van der Waals surface area contributed by atoms with E-state index in [2.05, 4.69) is 21.2 Å². The maximum absolute atomic E-state index is 9.99. The largest absolute Gasteiger partial charge is 0.397 e. The van der Waals surface area contributed by atoms with Gasteiger partial charge in [0.1, 0.15) is 0 Å². The summed E-state index contributed by atoms with van der Waals surface area (Å²) in [6, 6.07) is 5.65. The minimum atomic E-state index is -0.723. The molecule has 1 rings (SSSR count). The van der Waals surface area contributed by atoms with E-state index in [0.717, 1.165) is 10.2 Å². The predicted octanol–water partition coefficient (Wildman–Crippen LogP) is 2.56. The maximum Gasteiger partial charge on any atom is 0.0881 e. The topological polar surface area (TPSA) is 58.3 Å². The molecule has 1 aromatic rings. The average molecular weight is 305 g/mol. The third-order valence-electron chi connectivity index (χ3n) is 2.13. The van der Waals surface area contributed by atoms with Crippen molar-refractivity contribution in [2.75, 3.05) is 29.6 Å². The van der Waals surface area contributed by atoms with E-state index in [1.165, 1.54) is 0 Å². The molecule has 0 heterocycles. The highest BCUT2D eigenvalue weighted by atomic mass is 79.9. The van der Waals surface area contributed by atoms with Crippen molar-refractivity contribution >= 4 is 39.1 Å². The van der Waals surface area contributed by atoms with Crippen molar-refractivity contribution in [1.82, 2.24) is 0 Å². The lowest BCUT2D eigenvalue weighted by Crippen LogP contribution is -2.36. The Balaban J connectivity index is 2.61. The Kier molecular flexibility index (Phi) is 4.95. The number of thioether (sulfide) groups is 1. The molecule has 0 aliphatic heterocycles. The van der Waals surface area contributed by atoms with Crippen LogP contribution in [-0.4, -0.2) is 29.3 Å². The van der Waals surface area contributed by atoms with Gasteiger partial charge in [0.25, 0.3) is 0 Å². The first-order chi connectivity index (χ1) is 7.44. The van der Waals surface area contributed by atoms with Crippen LogP contribution in [0, 0.1) is 0 Å². The number of anilines is 2. The Bertz CT molecular complexity index is 358. The Morgan fingerprint density at radius 3 is 2.81 bits per heavy atom. The molecular weight excluding hydrogens is 288 g/mol. The lowest BCUT2D eigenvalue weighted by molar-refractivity contribution is 0.0997. The Morgan fingerprint density at radius 2 is 2.25 bits per heavy atom. The number of rotatable bonds is 5. The van der Waals surface area contributed by atoms with Gasteiger partial charge in [-0.3, -0.25) is 0 Å². The van der Waals surface area contributed by atoms with Gasteiger partial charge in [0.15, 0.2) is 0 Å². The van der Waals surface area contributed by atoms with Crippen LogP contribution in [0.4, 0.5) is 11.4 Å². The number of hydrogen-bond donors (Lipinski definition) is 3. The zero-order chi connectivity index (χ0) is 12.2. The van der Waals surface area contributed by atoms with Gasteiger partial charge in [-0.15, -0.1) is 0 Å². The molecular formula is C11H17BrN2OS. The van der Waals surface area contributed by atoms with Crippen LogP contribution in [0.3, 0.4) is 0 Å². The van der Waals surface area contributed by atoms with E-state index in [9.17, 15) is 5.11 Å². The number of halogens is 1. The second-order valence-corrected chi connectivity index (χ2v) is 5.80. The van der Waals surface area contributed by atoms with Gasteiger partial charge < -0.3 is 16.2 Å². The molecule has 0 spiro atoms. The highest BCUT2D eigenvalue weighted by Crippen LogP contribution is 2.23. The lowest BCUT2D eigenvalue weighted by atomic mass is 10.1. The van der Waals surface area contributed by atoms with Gasteiger partial charge in [0.05, 0.1) is 17.0 Å². The third kappa shape index (κ3) is 4.23. The van der Waals surface area contributed by atoms with E-state index < -0.39 is 5.60 Å². The summed E-state index contributed by atoms with van der Waals surface area (Å²) in [5.74, 6) is 0.691. The zero-order valence-electron chi connectivity index (χ0n) is 9.46. The van der Waals surface area contributed by atoms with Crippen LogP contribution < -0.4 is 11.1 Å². The number of nitrogens with one attached hydrogen (secondary N) is 1. The summed E-state index contributed by atoms with van der Waals surface area (Å²) in [7, 11) is 0. The molecule has 1 atom stereocenters. The quantitative estimate of drug-likeness (QED) is 0.732. The highest BCUT2D eigenvalue weighted by Gasteiger charge is 2.19. The standard InChI is InChI=1S/C11H17BrN2OS/c1-11(15,7-16-2)6-14-10-4-3-8(12)5-9(10)13/h3-5,14-15H,6-7,13H2,1-2H3. The molecule has 0 bridgehead atoms. The molecule has 0 amide bonds. The van der Waals surface area contributed by atoms with Crippen LogP contribution in [0.15, 0.2) is 22.7 Å². The second-order valence-electron chi connectivity index (χ2n) is 4.02. The summed E-state index contributed by atoms with van der Waals surface area (Å²) < 4.78 is 0.950. The molecule has 0 aliphatic rings. The van der Waals surface area contributed by atoms with Crippen molar-refractivity contribution < 1.29 is 5.11 Å². The second kappa shape index (κ2) is 5.80. The van der Waals surface area contributed by atoms with Crippen molar-refractivity contribution in [2.24, 2.45) is 0 Å². The van der Waals surface area contributed by atoms with Crippen LogP contribution >= 0.6 is 27.7 Å². The first-order valence-corrected chi connectivity index (χ1v) is 7.13. The Morgan fingerprint density at radius 1 is 1.56 bits per heavy atom. The van der Waals surface area contributed by atoms with Gasteiger partial charge in [-0.2, -0.15) is 11.8 Å². The first-order valence-electron chi connectivity index (χ1n) is 4.95. The summed E-state index contributed by atoms with van der Waals surface area (Å²) >= 11 is 4.97. The molecule has 0 fully saturated rings. The van der Waals surface area contributed by atoms with E-state index in [1.54, 1.807) is 11.8 Å². The van der Waals surface area contributed by atoms with E-state index >= 15 is 0 Å². The Hall–Kier alpha value is -0.390. The van der Waals surface area contributed by atoms with Crippen LogP contribution in [0.1, 0.15) is 6.92 Å². The number of benzene rings is 1. The third-order valence-corrected chi connectivity index (χ3v) is 3.53. The van der Waals surface area contributed by atoms with Gasteiger partial charge in [-0.25, -0.2) is 0 Å². The molecule has 5 heteroatoms. The van der Waals surface area contributed by atoms with Crippen molar-refractivity contribution in [3.05, 3.63) is 22.7 Å². The molecule has 4 N–H and O–H groups in total. The monoisotopic (exact) mass is 304 g/mol. The molecule has 1 aromatic carbocycles. The lowest BCUT2D eigenvalue weighted by Gasteiger charge is -2.23. The molecule has 16 heavy (non-hydrogen) atoms. The summed E-state index contributed by atoms with van der Waals surface area (Å²) in [5, 5.41) is 13.1. The molecule has 90 valence electrons. The zero-order valence-corrected chi connectivity index (χ0v) is 11.9. The van der Waals surface area contributed by atoms with Gasteiger partial charge in [-0.05, 0) is 31.4 Å².